The zero-order chi connectivity index (χ0) is 20.5. The molecule has 0 unspecified atom stereocenters. The molecule has 1 saturated carbocycles. The molecule has 2 aliphatic rings. The van der Waals surface area contributed by atoms with Gasteiger partial charge in [-0.05, 0) is 56.2 Å². The fourth-order valence-corrected chi connectivity index (χ4v) is 3.97. The van der Waals surface area contributed by atoms with Crippen molar-refractivity contribution in [3.63, 3.8) is 0 Å². The van der Waals surface area contributed by atoms with Crippen LogP contribution in [0.5, 0.6) is 0 Å². The molecule has 1 saturated heterocycles. The lowest BCUT2D eigenvalue weighted by Crippen LogP contribution is -2.45. The van der Waals surface area contributed by atoms with E-state index in [0.29, 0.717) is 45.2 Å². The van der Waals surface area contributed by atoms with Crippen molar-refractivity contribution in [2.24, 2.45) is 5.92 Å². The molecular formula is C22H34N4O3. The fourth-order valence-electron chi connectivity index (χ4n) is 3.97. The Kier molecular flexibility index (Phi) is 8.43. The van der Waals surface area contributed by atoms with E-state index in [4.69, 9.17) is 4.74 Å². The second-order valence-corrected chi connectivity index (χ2v) is 8.11. The summed E-state index contributed by atoms with van der Waals surface area (Å²) in [5.74, 6) is 0.893. The minimum atomic E-state index is 0.0448. The lowest BCUT2D eigenvalue weighted by atomic mass is 10.1. The van der Waals surface area contributed by atoms with Gasteiger partial charge in [0.25, 0.3) is 0 Å². The van der Waals surface area contributed by atoms with Gasteiger partial charge in [0.15, 0.2) is 0 Å². The molecule has 1 aliphatic carbocycles. The van der Waals surface area contributed by atoms with Crippen LogP contribution in [0, 0.1) is 5.92 Å². The van der Waals surface area contributed by atoms with E-state index in [1.165, 1.54) is 12.8 Å². The molecule has 7 heteroatoms. The van der Waals surface area contributed by atoms with Crippen LogP contribution < -0.4 is 10.6 Å². The molecule has 2 amide bonds. The van der Waals surface area contributed by atoms with E-state index in [0.717, 1.165) is 30.9 Å². The average Bonchev–Trinajstić information content (AvgIpc) is 3.48. The molecular weight excluding hydrogens is 368 g/mol. The SMILES string of the molecule is CCOCCC(=O)NC[C@@H]1CC[C@H](CC(=O)NCc2ccncc2)N1CC1CC1. The number of amides is 2. The summed E-state index contributed by atoms with van der Waals surface area (Å²) >= 11 is 0. The van der Waals surface area contributed by atoms with E-state index >= 15 is 0 Å². The molecule has 2 atom stereocenters. The van der Waals surface area contributed by atoms with Gasteiger partial charge in [0, 0.05) is 63.6 Å². The fraction of sp³-hybridized carbons (Fsp3) is 0.682. The maximum absolute atomic E-state index is 12.5. The van der Waals surface area contributed by atoms with Crippen molar-refractivity contribution in [1.29, 1.82) is 0 Å². The number of likely N-dealkylation sites (tertiary alicyclic amines) is 1. The van der Waals surface area contributed by atoms with E-state index in [9.17, 15) is 9.59 Å². The monoisotopic (exact) mass is 402 g/mol. The first-order chi connectivity index (χ1) is 14.2. The molecule has 0 bridgehead atoms. The maximum Gasteiger partial charge on any atom is 0.222 e. The van der Waals surface area contributed by atoms with Gasteiger partial charge in [-0.15, -0.1) is 0 Å². The molecule has 3 rings (SSSR count). The normalized spacial score (nSPS) is 21.8. The van der Waals surface area contributed by atoms with Crippen LogP contribution in [0.4, 0.5) is 0 Å². The quantitative estimate of drug-likeness (QED) is 0.522. The summed E-state index contributed by atoms with van der Waals surface area (Å²) in [6.07, 6.45) is 9.01. The number of carbonyl (C=O) groups is 2. The number of hydrogen-bond donors (Lipinski definition) is 2. The van der Waals surface area contributed by atoms with Gasteiger partial charge >= 0.3 is 0 Å². The first kappa shape index (κ1) is 21.7. The van der Waals surface area contributed by atoms with Crippen LogP contribution in [0.3, 0.4) is 0 Å². The second-order valence-electron chi connectivity index (χ2n) is 8.11. The van der Waals surface area contributed by atoms with Crippen LogP contribution in [-0.2, 0) is 20.9 Å². The zero-order valence-corrected chi connectivity index (χ0v) is 17.4. The third-order valence-electron chi connectivity index (χ3n) is 5.81. The second kappa shape index (κ2) is 11.3. The van der Waals surface area contributed by atoms with Crippen LogP contribution in [0.2, 0.25) is 0 Å². The maximum atomic E-state index is 12.5. The summed E-state index contributed by atoms with van der Waals surface area (Å²) in [6, 6.07) is 4.42. The van der Waals surface area contributed by atoms with Gasteiger partial charge in [-0.1, -0.05) is 0 Å². The van der Waals surface area contributed by atoms with Crippen molar-refractivity contribution in [3.05, 3.63) is 30.1 Å². The van der Waals surface area contributed by atoms with Crippen molar-refractivity contribution in [3.8, 4) is 0 Å². The zero-order valence-electron chi connectivity index (χ0n) is 17.4. The summed E-state index contributed by atoms with van der Waals surface area (Å²) in [5, 5.41) is 6.09. The van der Waals surface area contributed by atoms with Crippen molar-refractivity contribution >= 4 is 11.8 Å². The molecule has 29 heavy (non-hydrogen) atoms. The Morgan fingerprint density at radius 3 is 2.59 bits per heavy atom. The van der Waals surface area contributed by atoms with Crippen LogP contribution in [0.15, 0.2) is 24.5 Å². The van der Waals surface area contributed by atoms with Crippen molar-refractivity contribution in [1.82, 2.24) is 20.5 Å². The Balaban J connectivity index is 1.45. The highest BCUT2D eigenvalue weighted by Gasteiger charge is 2.37. The first-order valence-electron chi connectivity index (χ1n) is 10.9. The molecule has 1 aliphatic heterocycles. The Bertz CT molecular complexity index is 651. The van der Waals surface area contributed by atoms with Gasteiger partial charge in [0.2, 0.25) is 11.8 Å². The third-order valence-corrected chi connectivity index (χ3v) is 5.81. The van der Waals surface area contributed by atoms with E-state index in [2.05, 4.69) is 20.5 Å². The molecule has 2 fully saturated rings. The summed E-state index contributed by atoms with van der Waals surface area (Å²) in [6.45, 7) is 5.28. The van der Waals surface area contributed by atoms with Gasteiger partial charge in [-0.3, -0.25) is 19.5 Å². The van der Waals surface area contributed by atoms with E-state index in [1.807, 2.05) is 19.1 Å². The van der Waals surface area contributed by atoms with Gasteiger partial charge in [0.1, 0.15) is 0 Å². The number of carbonyl (C=O) groups excluding carboxylic acids is 2. The third kappa shape index (κ3) is 7.40. The number of nitrogens with zero attached hydrogens (tertiary/aromatic N) is 2. The van der Waals surface area contributed by atoms with Crippen molar-refractivity contribution in [2.45, 2.75) is 64.1 Å². The lowest BCUT2D eigenvalue weighted by Gasteiger charge is -2.30. The molecule has 2 N–H and O–H groups in total. The van der Waals surface area contributed by atoms with Gasteiger partial charge in [-0.2, -0.15) is 0 Å². The summed E-state index contributed by atoms with van der Waals surface area (Å²) in [5.41, 5.74) is 1.06. The highest BCUT2D eigenvalue weighted by Crippen LogP contribution is 2.35. The number of aromatic nitrogens is 1. The number of nitrogens with one attached hydrogen (secondary N) is 2. The minimum absolute atomic E-state index is 0.0448. The van der Waals surface area contributed by atoms with Crippen molar-refractivity contribution < 1.29 is 14.3 Å². The summed E-state index contributed by atoms with van der Waals surface area (Å²) in [4.78, 5) is 31.0. The molecule has 1 aromatic heterocycles. The summed E-state index contributed by atoms with van der Waals surface area (Å²) in [7, 11) is 0. The van der Waals surface area contributed by atoms with Crippen LogP contribution >= 0.6 is 0 Å². The highest BCUT2D eigenvalue weighted by atomic mass is 16.5. The Hall–Kier alpha value is -1.99. The predicted molar refractivity (Wildman–Crippen MR) is 111 cm³/mol. The van der Waals surface area contributed by atoms with Crippen LogP contribution in [0.25, 0.3) is 0 Å². The highest BCUT2D eigenvalue weighted by molar-refractivity contribution is 5.77. The van der Waals surface area contributed by atoms with Gasteiger partial charge < -0.3 is 15.4 Å². The molecule has 7 nitrogen and oxygen atoms in total. The predicted octanol–water partition coefficient (Wildman–Crippen LogP) is 1.87. The number of ether oxygens (including phenoxy) is 1. The van der Waals surface area contributed by atoms with E-state index in [-0.39, 0.29) is 17.9 Å². The molecule has 2 heterocycles. The average molecular weight is 403 g/mol. The molecule has 0 spiro atoms. The topological polar surface area (TPSA) is 83.6 Å². The Morgan fingerprint density at radius 2 is 1.86 bits per heavy atom. The van der Waals surface area contributed by atoms with E-state index < -0.39 is 0 Å². The Morgan fingerprint density at radius 1 is 1.10 bits per heavy atom. The lowest BCUT2D eigenvalue weighted by molar-refractivity contribution is -0.123. The van der Waals surface area contributed by atoms with E-state index in [1.54, 1.807) is 12.4 Å². The largest absolute Gasteiger partial charge is 0.381 e. The minimum Gasteiger partial charge on any atom is -0.381 e. The van der Waals surface area contributed by atoms with Crippen molar-refractivity contribution in [2.75, 3.05) is 26.3 Å². The number of pyridine rings is 1. The first-order valence-corrected chi connectivity index (χ1v) is 10.9. The molecule has 0 radical (unpaired) electrons. The van der Waals surface area contributed by atoms with Gasteiger partial charge in [0.05, 0.1) is 6.61 Å². The number of hydrogen-bond acceptors (Lipinski definition) is 5. The van der Waals surface area contributed by atoms with Crippen LogP contribution in [-0.4, -0.2) is 60.1 Å². The Labute approximate surface area is 173 Å². The summed E-state index contributed by atoms with van der Waals surface area (Å²) < 4.78 is 5.25. The van der Waals surface area contributed by atoms with Crippen LogP contribution in [0.1, 0.15) is 51.0 Å². The molecule has 1 aromatic rings. The molecule has 0 aromatic carbocycles. The smallest absolute Gasteiger partial charge is 0.222 e. The standard InChI is InChI=1S/C22H34N4O3/c1-2-29-12-9-21(27)25-15-20-6-5-19(26(20)16-18-3-4-18)13-22(28)24-14-17-7-10-23-11-8-17/h7-8,10-11,18-20H,2-6,9,12-16H2,1H3,(H,24,28)(H,25,27)/t19-,20+/m1/s1. The molecule has 160 valence electrons. The number of rotatable bonds is 12. The van der Waals surface area contributed by atoms with Gasteiger partial charge in [-0.25, -0.2) is 0 Å².